The Bertz CT molecular complexity index is 586. The van der Waals surface area contributed by atoms with E-state index in [1.54, 1.807) is 26.0 Å². The minimum Gasteiger partial charge on any atom is -0.508 e. The van der Waals surface area contributed by atoms with Crippen LogP contribution in [0, 0.1) is 5.92 Å². The molecule has 24 heavy (non-hydrogen) atoms. The average Bonchev–Trinajstić information content (AvgIpc) is 2.51. The van der Waals surface area contributed by atoms with Gasteiger partial charge in [-0.15, -0.1) is 0 Å². The van der Waals surface area contributed by atoms with Crippen LogP contribution >= 0.6 is 0 Å². The maximum absolute atomic E-state index is 11.9. The number of nitrogens with one attached hydrogen (secondary N) is 2. The number of carboxylic acids is 1. The van der Waals surface area contributed by atoms with Crippen molar-refractivity contribution >= 4 is 17.8 Å². The summed E-state index contributed by atoms with van der Waals surface area (Å²) in [4.78, 5) is 34.6. The Kier molecular flexibility index (Phi) is 7.19. The molecule has 2 atom stereocenters. The number of aliphatic carboxylic acids is 1. The molecule has 132 valence electrons. The highest BCUT2D eigenvalue weighted by Crippen LogP contribution is 2.10. The maximum Gasteiger partial charge on any atom is 0.326 e. The van der Waals surface area contributed by atoms with Gasteiger partial charge in [0.2, 0.25) is 11.8 Å². The lowest BCUT2D eigenvalue weighted by atomic mass is 10.0. The standard InChI is InChI=1S/C16H23N3O5/c1-9(2)14(16(23)24)19-13(21)8-18-15(22)12(17)7-10-3-5-11(20)6-4-10/h3-6,9,12,14,20H,7-8,17H2,1-2H3,(H,18,22)(H,19,21)(H,23,24)/t12-,14-/m0/s1. The quantitative estimate of drug-likeness (QED) is 0.437. The van der Waals surface area contributed by atoms with E-state index in [1.807, 2.05) is 0 Å². The molecule has 0 saturated carbocycles. The van der Waals surface area contributed by atoms with Crippen LogP contribution in [0.5, 0.6) is 5.75 Å². The molecule has 8 heteroatoms. The van der Waals surface area contributed by atoms with Crippen molar-refractivity contribution in [3.8, 4) is 5.75 Å². The lowest BCUT2D eigenvalue weighted by Gasteiger charge is -2.18. The Morgan fingerprint density at radius 1 is 1.17 bits per heavy atom. The van der Waals surface area contributed by atoms with Crippen molar-refractivity contribution in [2.75, 3.05) is 6.54 Å². The van der Waals surface area contributed by atoms with Crippen LogP contribution in [0.3, 0.4) is 0 Å². The minimum atomic E-state index is -1.13. The van der Waals surface area contributed by atoms with E-state index in [0.717, 1.165) is 5.56 Å². The van der Waals surface area contributed by atoms with E-state index in [9.17, 15) is 19.5 Å². The van der Waals surface area contributed by atoms with Gasteiger partial charge in [-0.1, -0.05) is 26.0 Å². The molecule has 8 nitrogen and oxygen atoms in total. The van der Waals surface area contributed by atoms with Crippen LogP contribution in [0.25, 0.3) is 0 Å². The topological polar surface area (TPSA) is 142 Å². The van der Waals surface area contributed by atoms with Crippen LogP contribution < -0.4 is 16.4 Å². The van der Waals surface area contributed by atoms with Crippen molar-refractivity contribution in [1.29, 1.82) is 0 Å². The highest BCUT2D eigenvalue weighted by molar-refractivity contribution is 5.89. The Hall–Kier alpha value is -2.61. The van der Waals surface area contributed by atoms with Gasteiger partial charge in [0.05, 0.1) is 12.6 Å². The molecule has 0 radical (unpaired) electrons. The number of carbonyl (C=O) groups is 3. The third-order valence-electron chi connectivity index (χ3n) is 3.40. The third kappa shape index (κ3) is 6.25. The summed E-state index contributed by atoms with van der Waals surface area (Å²) in [6, 6.07) is 4.41. The highest BCUT2D eigenvalue weighted by atomic mass is 16.4. The number of phenolic OH excluding ortho intramolecular Hbond substituents is 1. The number of hydrogen-bond donors (Lipinski definition) is 5. The van der Waals surface area contributed by atoms with Crippen molar-refractivity contribution in [3.63, 3.8) is 0 Å². The minimum absolute atomic E-state index is 0.117. The predicted molar refractivity (Wildman–Crippen MR) is 87.2 cm³/mol. The molecule has 0 heterocycles. The fourth-order valence-corrected chi connectivity index (χ4v) is 2.02. The summed E-state index contributed by atoms with van der Waals surface area (Å²) in [6.45, 7) is 3.00. The Labute approximate surface area is 140 Å². The molecule has 0 aliphatic heterocycles. The number of rotatable bonds is 8. The van der Waals surface area contributed by atoms with E-state index in [-0.39, 0.29) is 24.6 Å². The molecule has 1 aromatic carbocycles. The van der Waals surface area contributed by atoms with Gasteiger partial charge < -0.3 is 26.6 Å². The van der Waals surface area contributed by atoms with E-state index in [2.05, 4.69) is 10.6 Å². The van der Waals surface area contributed by atoms with Crippen molar-refractivity contribution in [3.05, 3.63) is 29.8 Å². The van der Waals surface area contributed by atoms with Crippen LogP contribution in [0.2, 0.25) is 0 Å². The summed E-state index contributed by atoms with van der Waals surface area (Å²) < 4.78 is 0. The molecule has 0 aliphatic carbocycles. The molecule has 0 aliphatic rings. The zero-order valence-electron chi connectivity index (χ0n) is 13.7. The van der Waals surface area contributed by atoms with Crippen LogP contribution in [-0.4, -0.2) is 46.6 Å². The molecule has 2 amide bonds. The molecule has 0 bridgehead atoms. The largest absolute Gasteiger partial charge is 0.508 e. The second kappa shape index (κ2) is 8.88. The van der Waals surface area contributed by atoms with Crippen molar-refractivity contribution in [2.45, 2.75) is 32.4 Å². The summed E-state index contributed by atoms with van der Waals surface area (Å²) in [5.41, 5.74) is 6.54. The number of nitrogens with two attached hydrogens (primary N) is 1. The highest BCUT2D eigenvalue weighted by Gasteiger charge is 2.23. The molecule has 1 rings (SSSR count). The summed E-state index contributed by atoms with van der Waals surface area (Å²) in [7, 11) is 0. The van der Waals surface area contributed by atoms with Gasteiger partial charge in [-0.3, -0.25) is 9.59 Å². The first kappa shape index (κ1) is 19.4. The SMILES string of the molecule is CC(C)[C@H](NC(=O)CNC(=O)[C@@H](N)Cc1ccc(O)cc1)C(=O)O. The number of carbonyl (C=O) groups excluding carboxylic acids is 2. The summed E-state index contributed by atoms with van der Waals surface area (Å²) in [5, 5.41) is 22.9. The molecule has 0 saturated heterocycles. The van der Waals surface area contributed by atoms with E-state index < -0.39 is 29.9 Å². The molecule has 0 fully saturated rings. The zero-order valence-corrected chi connectivity index (χ0v) is 13.7. The number of hydrogen-bond acceptors (Lipinski definition) is 5. The number of aromatic hydroxyl groups is 1. The first-order valence-electron chi connectivity index (χ1n) is 7.54. The van der Waals surface area contributed by atoms with E-state index in [4.69, 9.17) is 10.8 Å². The van der Waals surface area contributed by atoms with E-state index >= 15 is 0 Å². The lowest BCUT2D eigenvalue weighted by molar-refractivity contribution is -0.143. The third-order valence-corrected chi connectivity index (χ3v) is 3.40. The van der Waals surface area contributed by atoms with Crippen LogP contribution in [0.1, 0.15) is 19.4 Å². The second-order valence-corrected chi connectivity index (χ2v) is 5.82. The second-order valence-electron chi connectivity index (χ2n) is 5.82. The first-order chi connectivity index (χ1) is 11.2. The van der Waals surface area contributed by atoms with Crippen molar-refractivity contribution < 1.29 is 24.6 Å². The zero-order chi connectivity index (χ0) is 18.3. The molecule has 0 aromatic heterocycles. The van der Waals surface area contributed by atoms with Gasteiger partial charge in [-0.2, -0.15) is 0 Å². The fourth-order valence-electron chi connectivity index (χ4n) is 2.02. The van der Waals surface area contributed by atoms with E-state index in [0.29, 0.717) is 0 Å². The maximum atomic E-state index is 11.9. The normalized spacial score (nSPS) is 13.2. The summed E-state index contributed by atoms with van der Waals surface area (Å²) in [5.74, 6) is -2.41. The monoisotopic (exact) mass is 337 g/mol. The van der Waals surface area contributed by atoms with Crippen LogP contribution in [0.15, 0.2) is 24.3 Å². The summed E-state index contributed by atoms with van der Waals surface area (Å²) in [6.07, 6.45) is 0.247. The van der Waals surface area contributed by atoms with Crippen LogP contribution in [-0.2, 0) is 20.8 Å². The van der Waals surface area contributed by atoms with Crippen molar-refractivity contribution in [2.24, 2.45) is 11.7 Å². The van der Waals surface area contributed by atoms with Gasteiger partial charge in [0.25, 0.3) is 0 Å². The first-order valence-corrected chi connectivity index (χ1v) is 7.54. The van der Waals surface area contributed by atoms with Gasteiger partial charge in [0, 0.05) is 0 Å². The smallest absolute Gasteiger partial charge is 0.326 e. The number of carboxylic acid groups (broad SMARTS) is 1. The molecular weight excluding hydrogens is 314 g/mol. The van der Waals surface area contributed by atoms with Crippen LogP contribution in [0.4, 0.5) is 0 Å². The van der Waals surface area contributed by atoms with Gasteiger partial charge >= 0.3 is 5.97 Å². The molecule has 0 unspecified atom stereocenters. The number of amides is 2. The van der Waals surface area contributed by atoms with E-state index in [1.165, 1.54) is 12.1 Å². The van der Waals surface area contributed by atoms with Gasteiger partial charge in [0.15, 0.2) is 0 Å². The number of benzene rings is 1. The lowest BCUT2D eigenvalue weighted by Crippen LogP contribution is -2.50. The Balaban J connectivity index is 2.45. The molecular formula is C16H23N3O5. The van der Waals surface area contributed by atoms with Gasteiger partial charge in [-0.05, 0) is 30.0 Å². The summed E-state index contributed by atoms with van der Waals surface area (Å²) >= 11 is 0. The average molecular weight is 337 g/mol. The van der Waals surface area contributed by atoms with Gasteiger partial charge in [-0.25, -0.2) is 4.79 Å². The molecule has 0 spiro atoms. The van der Waals surface area contributed by atoms with Gasteiger partial charge in [0.1, 0.15) is 11.8 Å². The number of phenols is 1. The Morgan fingerprint density at radius 2 is 1.75 bits per heavy atom. The fraction of sp³-hybridized carbons (Fsp3) is 0.438. The molecule has 6 N–H and O–H groups in total. The predicted octanol–water partition coefficient (Wildman–Crippen LogP) is -0.396. The Morgan fingerprint density at radius 3 is 2.25 bits per heavy atom. The van der Waals surface area contributed by atoms with Crippen molar-refractivity contribution in [1.82, 2.24) is 10.6 Å². The molecule has 1 aromatic rings.